The van der Waals surface area contributed by atoms with Crippen LogP contribution in [0, 0.1) is 0 Å². The number of rotatable bonds is 10. The van der Waals surface area contributed by atoms with Crippen molar-refractivity contribution in [2.24, 2.45) is 0 Å². The maximum atomic E-state index is 12.6. The molecule has 0 spiro atoms. The molecule has 0 aliphatic rings. The predicted octanol–water partition coefficient (Wildman–Crippen LogP) is 2.69. The van der Waals surface area contributed by atoms with Gasteiger partial charge in [0, 0.05) is 42.8 Å². The average molecular weight is 447 g/mol. The van der Waals surface area contributed by atoms with Gasteiger partial charge in [-0.25, -0.2) is 9.48 Å². The van der Waals surface area contributed by atoms with Crippen LogP contribution >= 0.6 is 0 Å². The molecule has 3 aromatic heterocycles. The first-order chi connectivity index (χ1) is 16.2. The lowest BCUT2D eigenvalue weighted by Gasteiger charge is -2.13. The van der Waals surface area contributed by atoms with E-state index in [1.165, 1.54) is 9.08 Å². The SMILES string of the molecule is CCOc1cc(C(=O)NCCCn2nc3ccccn3c2=O)ccc1OCc1cccnc1. The summed E-state index contributed by atoms with van der Waals surface area (Å²) in [5, 5.41) is 7.16. The average Bonchev–Trinajstić information content (AvgIpc) is 3.17. The zero-order valence-electron chi connectivity index (χ0n) is 18.3. The Morgan fingerprint density at radius 2 is 2.00 bits per heavy atom. The first-order valence-electron chi connectivity index (χ1n) is 10.8. The summed E-state index contributed by atoms with van der Waals surface area (Å²) in [4.78, 5) is 29.0. The van der Waals surface area contributed by atoms with E-state index in [0.717, 1.165) is 5.56 Å². The number of nitrogens with zero attached hydrogens (tertiary/aromatic N) is 4. The van der Waals surface area contributed by atoms with Gasteiger partial charge in [-0.3, -0.25) is 14.2 Å². The summed E-state index contributed by atoms with van der Waals surface area (Å²) in [7, 11) is 0. The van der Waals surface area contributed by atoms with E-state index in [1.807, 2.05) is 25.1 Å². The molecule has 33 heavy (non-hydrogen) atoms. The van der Waals surface area contributed by atoms with Crippen molar-refractivity contribution in [2.75, 3.05) is 13.2 Å². The number of carbonyl (C=O) groups is 1. The van der Waals surface area contributed by atoms with Crippen LogP contribution in [0.5, 0.6) is 11.5 Å². The van der Waals surface area contributed by atoms with Crippen molar-refractivity contribution in [1.29, 1.82) is 0 Å². The minimum atomic E-state index is -0.225. The molecule has 0 unspecified atom stereocenters. The smallest absolute Gasteiger partial charge is 0.350 e. The highest BCUT2D eigenvalue weighted by molar-refractivity contribution is 5.94. The minimum Gasteiger partial charge on any atom is -0.490 e. The number of carbonyl (C=O) groups excluding carboxylic acids is 1. The Kier molecular flexibility index (Phi) is 6.99. The summed E-state index contributed by atoms with van der Waals surface area (Å²) >= 11 is 0. The third kappa shape index (κ3) is 5.38. The standard InChI is InChI=1S/C24H25N5O4/c1-2-32-21-15-19(9-10-20(21)33-17-18-7-5-11-25-16-18)23(30)26-12-6-14-29-24(31)28-13-4-3-8-22(28)27-29/h3-5,7-11,13,15-16H,2,6,12,14,17H2,1H3,(H,26,30). The van der Waals surface area contributed by atoms with E-state index in [0.29, 0.717) is 55.4 Å². The maximum absolute atomic E-state index is 12.6. The molecule has 1 amide bonds. The second-order valence-corrected chi connectivity index (χ2v) is 7.29. The van der Waals surface area contributed by atoms with Gasteiger partial charge in [0.15, 0.2) is 17.1 Å². The number of nitrogens with one attached hydrogen (secondary N) is 1. The van der Waals surface area contributed by atoms with Crippen LogP contribution in [-0.2, 0) is 13.2 Å². The van der Waals surface area contributed by atoms with E-state index in [9.17, 15) is 9.59 Å². The summed E-state index contributed by atoms with van der Waals surface area (Å²) in [6.45, 7) is 3.48. The molecule has 0 fully saturated rings. The second kappa shape index (κ2) is 10.4. The van der Waals surface area contributed by atoms with Gasteiger partial charge in [0.1, 0.15) is 6.61 Å². The summed E-state index contributed by atoms with van der Waals surface area (Å²) in [5.41, 5.74) is 1.81. The van der Waals surface area contributed by atoms with Gasteiger partial charge in [-0.1, -0.05) is 12.1 Å². The van der Waals surface area contributed by atoms with Crippen molar-refractivity contribution < 1.29 is 14.3 Å². The molecule has 0 aliphatic carbocycles. The first kappa shape index (κ1) is 22.1. The highest BCUT2D eigenvalue weighted by atomic mass is 16.5. The fourth-order valence-corrected chi connectivity index (χ4v) is 3.33. The Hall–Kier alpha value is -4.14. The molecule has 9 nitrogen and oxygen atoms in total. The van der Waals surface area contributed by atoms with E-state index < -0.39 is 0 Å². The highest BCUT2D eigenvalue weighted by Gasteiger charge is 2.12. The van der Waals surface area contributed by atoms with Crippen LogP contribution in [0.25, 0.3) is 5.65 Å². The topological polar surface area (TPSA) is 99.8 Å². The molecule has 3 heterocycles. The normalized spacial score (nSPS) is 10.8. The van der Waals surface area contributed by atoms with E-state index in [-0.39, 0.29) is 11.6 Å². The highest BCUT2D eigenvalue weighted by Crippen LogP contribution is 2.29. The molecule has 9 heteroatoms. The number of amides is 1. The van der Waals surface area contributed by atoms with Gasteiger partial charge < -0.3 is 14.8 Å². The van der Waals surface area contributed by atoms with E-state index in [2.05, 4.69) is 15.4 Å². The van der Waals surface area contributed by atoms with Crippen molar-refractivity contribution in [3.8, 4) is 11.5 Å². The van der Waals surface area contributed by atoms with Gasteiger partial charge >= 0.3 is 5.69 Å². The van der Waals surface area contributed by atoms with Crippen LogP contribution < -0.4 is 20.5 Å². The summed E-state index contributed by atoms with van der Waals surface area (Å²) < 4.78 is 14.4. The van der Waals surface area contributed by atoms with Gasteiger partial charge in [-0.05, 0) is 49.7 Å². The lowest BCUT2D eigenvalue weighted by molar-refractivity contribution is 0.0952. The van der Waals surface area contributed by atoms with Crippen LogP contribution in [0.15, 0.2) is 71.9 Å². The third-order valence-corrected chi connectivity index (χ3v) is 4.94. The van der Waals surface area contributed by atoms with E-state index in [1.54, 1.807) is 48.9 Å². The van der Waals surface area contributed by atoms with Crippen molar-refractivity contribution in [1.82, 2.24) is 24.5 Å². The lowest BCUT2D eigenvalue weighted by atomic mass is 10.2. The van der Waals surface area contributed by atoms with Gasteiger partial charge in [0.25, 0.3) is 5.91 Å². The molecule has 0 saturated carbocycles. The van der Waals surface area contributed by atoms with Gasteiger partial charge in [0.05, 0.1) is 6.61 Å². The van der Waals surface area contributed by atoms with Gasteiger partial charge in [0.2, 0.25) is 0 Å². The summed E-state index contributed by atoms with van der Waals surface area (Å²) in [6.07, 6.45) is 5.70. The number of aromatic nitrogens is 4. The zero-order chi connectivity index (χ0) is 23.0. The van der Waals surface area contributed by atoms with Crippen LogP contribution in [0.1, 0.15) is 29.3 Å². The molecule has 0 radical (unpaired) electrons. The number of pyridine rings is 2. The monoisotopic (exact) mass is 447 g/mol. The number of aryl methyl sites for hydroxylation is 1. The largest absolute Gasteiger partial charge is 0.490 e. The fourth-order valence-electron chi connectivity index (χ4n) is 3.33. The Balaban J connectivity index is 1.33. The molecule has 0 atom stereocenters. The number of fused-ring (bicyclic) bond motifs is 1. The molecule has 4 rings (SSSR count). The van der Waals surface area contributed by atoms with Crippen molar-refractivity contribution >= 4 is 11.6 Å². The molecular weight excluding hydrogens is 422 g/mol. The van der Waals surface area contributed by atoms with Crippen molar-refractivity contribution in [3.05, 3.63) is 88.7 Å². The van der Waals surface area contributed by atoms with Crippen molar-refractivity contribution in [3.63, 3.8) is 0 Å². The van der Waals surface area contributed by atoms with Crippen LogP contribution in [-0.4, -0.2) is 38.2 Å². The Bertz CT molecular complexity index is 1280. The Morgan fingerprint density at radius 3 is 2.79 bits per heavy atom. The predicted molar refractivity (Wildman–Crippen MR) is 123 cm³/mol. The number of ether oxygens (including phenoxy) is 2. The van der Waals surface area contributed by atoms with Gasteiger partial charge in [-0.2, -0.15) is 0 Å². The first-order valence-corrected chi connectivity index (χ1v) is 10.8. The maximum Gasteiger partial charge on any atom is 0.350 e. The lowest BCUT2D eigenvalue weighted by Crippen LogP contribution is -2.27. The Labute approximate surface area is 190 Å². The van der Waals surface area contributed by atoms with E-state index >= 15 is 0 Å². The van der Waals surface area contributed by atoms with Crippen LogP contribution in [0.2, 0.25) is 0 Å². The zero-order valence-corrected chi connectivity index (χ0v) is 18.3. The molecule has 0 bridgehead atoms. The van der Waals surface area contributed by atoms with Crippen LogP contribution in [0.3, 0.4) is 0 Å². The van der Waals surface area contributed by atoms with Crippen LogP contribution in [0.4, 0.5) is 0 Å². The molecule has 1 aromatic carbocycles. The Morgan fingerprint density at radius 1 is 1.09 bits per heavy atom. The molecular formula is C24H25N5O4. The minimum absolute atomic E-state index is 0.194. The second-order valence-electron chi connectivity index (χ2n) is 7.29. The molecule has 1 N–H and O–H groups in total. The molecule has 170 valence electrons. The van der Waals surface area contributed by atoms with E-state index in [4.69, 9.17) is 9.47 Å². The number of benzene rings is 1. The quantitative estimate of drug-likeness (QED) is 0.375. The molecule has 4 aromatic rings. The molecule has 0 aliphatic heterocycles. The molecule has 0 saturated heterocycles. The third-order valence-electron chi connectivity index (χ3n) is 4.94. The van der Waals surface area contributed by atoms with Gasteiger partial charge in [-0.15, -0.1) is 5.10 Å². The fraction of sp³-hybridized carbons (Fsp3) is 0.250. The summed E-state index contributed by atoms with van der Waals surface area (Å²) in [5.74, 6) is 0.839. The number of hydrogen-bond donors (Lipinski definition) is 1. The summed E-state index contributed by atoms with van der Waals surface area (Å²) in [6, 6.07) is 14.3. The van der Waals surface area contributed by atoms with Crippen molar-refractivity contribution in [2.45, 2.75) is 26.5 Å². The number of hydrogen-bond acceptors (Lipinski definition) is 6.